The van der Waals surface area contributed by atoms with Crippen molar-refractivity contribution in [3.8, 4) is 0 Å². The van der Waals surface area contributed by atoms with Gasteiger partial charge in [0.15, 0.2) is 0 Å². The molecule has 5 nitrogen and oxygen atoms in total. The molecule has 0 atom stereocenters. The Bertz CT molecular complexity index is 465. The van der Waals surface area contributed by atoms with E-state index in [1.807, 2.05) is 0 Å². The molecule has 0 saturated heterocycles. The number of rotatable bonds is 4. The fraction of sp³-hybridized carbons (Fsp3) is 0.250. The molecule has 0 unspecified atom stereocenters. The second kappa shape index (κ2) is 5.79. The zero-order chi connectivity index (χ0) is 12.8. The van der Waals surface area contributed by atoms with Crippen molar-refractivity contribution >= 4 is 17.2 Å². The van der Waals surface area contributed by atoms with Crippen LogP contribution in [-0.4, -0.2) is 17.5 Å². The van der Waals surface area contributed by atoms with Crippen molar-refractivity contribution in [3.63, 3.8) is 0 Å². The fourth-order valence-corrected chi connectivity index (χ4v) is 1.31. The summed E-state index contributed by atoms with van der Waals surface area (Å²) in [5.41, 5.74) is 1.26. The van der Waals surface area contributed by atoms with Gasteiger partial charge >= 0.3 is 5.97 Å². The summed E-state index contributed by atoms with van der Waals surface area (Å²) in [7, 11) is 0. The molecule has 0 radical (unpaired) electrons. The molecule has 0 aliphatic rings. The Labute approximate surface area is 98.9 Å². The van der Waals surface area contributed by atoms with Gasteiger partial charge in [-0.2, -0.15) is 0 Å². The van der Waals surface area contributed by atoms with Crippen LogP contribution in [0.1, 0.15) is 19.4 Å². The zero-order valence-electron chi connectivity index (χ0n) is 9.67. The summed E-state index contributed by atoms with van der Waals surface area (Å²) in [4.78, 5) is 21.3. The van der Waals surface area contributed by atoms with Crippen molar-refractivity contribution < 1.29 is 14.5 Å². The Morgan fingerprint density at radius 3 is 2.82 bits per heavy atom. The molecule has 0 saturated carbocycles. The van der Waals surface area contributed by atoms with Gasteiger partial charge < -0.3 is 4.74 Å². The summed E-state index contributed by atoms with van der Waals surface area (Å²) < 4.78 is 4.76. The minimum Gasteiger partial charge on any atom is -0.463 e. The number of allylic oxidation sites excluding steroid dienone is 1. The zero-order valence-corrected chi connectivity index (χ0v) is 9.67. The molecule has 1 rings (SSSR count). The molecule has 90 valence electrons. The first-order valence-corrected chi connectivity index (χ1v) is 5.14. The van der Waals surface area contributed by atoms with Crippen LogP contribution in [0.4, 0.5) is 5.69 Å². The summed E-state index contributed by atoms with van der Waals surface area (Å²) in [6, 6.07) is 6.11. The number of nitro benzene ring substituents is 1. The summed E-state index contributed by atoms with van der Waals surface area (Å²) in [5, 5.41) is 10.6. The highest BCUT2D eigenvalue weighted by Crippen LogP contribution is 2.19. The van der Waals surface area contributed by atoms with E-state index in [1.165, 1.54) is 18.2 Å². The number of carbonyl (C=O) groups excluding carboxylic acids is 1. The van der Waals surface area contributed by atoms with Crippen LogP contribution in [0.3, 0.4) is 0 Å². The maximum atomic E-state index is 11.2. The van der Waals surface area contributed by atoms with Gasteiger partial charge in [-0.25, -0.2) is 4.79 Å². The van der Waals surface area contributed by atoms with E-state index in [1.54, 1.807) is 26.0 Å². The number of non-ortho nitro benzene ring substituents is 1. The average molecular weight is 235 g/mol. The molecule has 0 N–H and O–H groups in total. The number of nitrogens with zero attached hydrogens (tertiary/aromatic N) is 1. The second-order valence-electron chi connectivity index (χ2n) is 3.39. The standard InChI is InChI=1S/C12H13NO4/c1-3-17-12(14)7-9(2)10-5-4-6-11(8-10)13(15)16/h4-8H,3H2,1-2H3/b9-7-. The van der Waals surface area contributed by atoms with Crippen molar-refractivity contribution in [3.05, 3.63) is 46.0 Å². The highest BCUT2D eigenvalue weighted by Gasteiger charge is 2.07. The van der Waals surface area contributed by atoms with Crippen molar-refractivity contribution in [2.45, 2.75) is 13.8 Å². The SMILES string of the molecule is CCOC(=O)/C=C(/C)c1cccc([N+](=O)[O-])c1. The Morgan fingerprint density at radius 1 is 1.53 bits per heavy atom. The van der Waals surface area contributed by atoms with E-state index in [-0.39, 0.29) is 5.69 Å². The van der Waals surface area contributed by atoms with E-state index in [0.717, 1.165) is 0 Å². The number of esters is 1. The molecule has 0 aromatic heterocycles. The van der Waals surface area contributed by atoms with Crippen molar-refractivity contribution in [2.24, 2.45) is 0 Å². The van der Waals surface area contributed by atoms with Gasteiger partial charge in [0.2, 0.25) is 0 Å². The van der Waals surface area contributed by atoms with E-state index < -0.39 is 10.9 Å². The van der Waals surface area contributed by atoms with Gasteiger partial charge in [-0.15, -0.1) is 0 Å². The fourth-order valence-electron chi connectivity index (χ4n) is 1.31. The lowest BCUT2D eigenvalue weighted by Gasteiger charge is -2.01. The molecule has 0 fully saturated rings. The number of carbonyl (C=O) groups is 1. The lowest BCUT2D eigenvalue weighted by atomic mass is 10.1. The molecule has 0 amide bonds. The average Bonchev–Trinajstić information content (AvgIpc) is 2.29. The van der Waals surface area contributed by atoms with Gasteiger partial charge in [0, 0.05) is 18.2 Å². The van der Waals surface area contributed by atoms with E-state index in [9.17, 15) is 14.9 Å². The van der Waals surface area contributed by atoms with Crippen LogP contribution in [-0.2, 0) is 9.53 Å². The van der Waals surface area contributed by atoms with Crippen molar-refractivity contribution in [1.29, 1.82) is 0 Å². The highest BCUT2D eigenvalue weighted by molar-refractivity contribution is 5.91. The first kappa shape index (κ1) is 12.9. The van der Waals surface area contributed by atoms with E-state index in [2.05, 4.69) is 0 Å². The van der Waals surface area contributed by atoms with Crippen LogP contribution < -0.4 is 0 Å². The highest BCUT2D eigenvalue weighted by atomic mass is 16.6. The maximum Gasteiger partial charge on any atom is 0.331 e. The van der Waals surface area contributed by atoms with Gasteiger partial charge in [0.1, 0.15) is 0 Å². The number of ether oxygens (including phenoxy) is 1. The Morgan fingerprint density at radius 2 is 2.24 bits per heavy atom. The monoisotopic (exact) mass is 235 g/mol. The summed E-state index contributed by atoms with van der Waals surface area (Å²) >= 11 is 0. The topological polar surface area (TPSA) is 69.4 Å². The van der Waals surface area contributed by atoms with Crippen LogP contribution in [0.2, 0.25) is 0 Å². The minimum absolute atomic E-state index is 0.000825. The molecular weight excluding hydrogens is 222 g/mol. The van der Waals surface area contributed by atoms with Crippen LogP contribution in [0.5, 0.6) is 0 Å². The van der Waals surface area contributed by atoms with Crippen molar-refractivity contribution in [1.82, 2.24) is 0 Å². The largest absolute Gasteiger partial charge is 0.463 e. The molecule has 5 heteroatoms. The molecule has 0 aliphatic heterocycles. The third-order valence-electron chi connectivity index (χ3n) is 2.13. The summed E-state index contributed by atoms with van der Waals surface area (Å²) in [6.07, 6.45) is 1.32. The number of hydrogen-bond acceptors (Lipinski definition) is 4. The third-order valence-corrected chi connectivity index (χ3v) is 2.13. The van der Waals surface area contributed by atoms with E-state index >= 15 is 0 Å². The lowest BCUT2D eigenvalue weighted by molar-refractivity contribution is -0.384. The van der Waals surface area contributed by atoms with Crippen LogP contribution >= 0.6 is 0 Å². The molecule has 0 aliphatic carbocycles. The van der Waals surface area contributed by atoms with Crippen LogP contribution in [0.15, 0.2) is 30.3 Å². The molecule has 17 heavy (non-hydrogen) atoms. The van der Waals surface area contributed by atoms with Gasteiger partial charge in [0.05, 0.1) is 11.5 Å². The molecule has 0 heterocycles. The van der Waals surface area contributed by atoms with Gasteiger partial charge in [-0.1, -0.05) is 12.1 Å². The maximum absolute atomic E-state index is 11.2. The van der Waals surface area contributed by atoms with Gasteiger partial charge in [-0.3, -0.25) is 10.1 Å². The predicted molar refractivity (Wildman–Crippen MR) is 63.4 cm³/mol. The third kappa shape index (κ3) is 3.71. The van der Waals surface area contributed by atoms with Crippen LogP contribution in [0, 0.1) is 10.1 Å². The van der Waals surface area contributed by atoms with Crippen LogP contribution in [0.25, 0.3) is 5.57 Å². The van der Waals surface area contributed by atoms with E-state index in [0.29, 0.717) is 17.7 Å². The second-order valence-corrected chi connectivity index (χ2v) is 3.39. The molecule has 1 aromatic rings. The quantitative estimate of drug-likeness (QED) is 0.348. The smallest absolute Gasteiger partial charge is 0.331 e. The minimum atomic E-state index is -0.471. The first-order valence-electron chi connectivity index (χ1n) is 5.14. The summed E-state index contributed by atoms with van der Waals surface area (Å²) in [5.74, 6) is -0.448. The lowest BCUT2D eigenvalue weighted by Crippen LogP contribution is -2.00. The number of benzene rings is 1. The van der Waals surface area contributed by atoms with Gasteiger partial charge in [0.25, 0.3) is 5.69 Å². The predicted octanol–water partition coefficient (Wildman–Crippen LogP) is 2.56. The molecule has 1 aromatic carbocycles. The normalized spacial score (nSPS) is 11.1. The Kier molecular flexibility index (Phi) is 4.39. The Balaban J connectivity index is 2.96. The number of hydrogen-bond donors (Lipinski definition) is 0. The first-order chi connectivity index (χ1) is 8.04. The number of nitro groups is 1. The molecule has 0 spiro atoms. The van der Waals surface area contributed by atoms with Gasteiger partial charge in [-0.05, 0) is 25.0 Å². The Hall–Kier alpha value is -2.17. The summed E-state index contributed by atoms with van der Waals surface area (Å²) in [6.45, 7) is 3.72. The molecular formula is C12H13NO4. The molecule has 0 bridgehead atoms. The van der Waals surface area contributed by atoms with E-state index in [4.69, 9.17) is 4.74 Å². The van der Waals surface area contributed by atoms with Crippen molar-refractivity contribution in [2.75, 3.05) is 6.61 Å².